The molecular formula is C8H9N3. The Morgan fingerprint density at radius 1 is 1.64 bits per heavy atom. The number of hydrogen-bond donors (Lipinski definition) is 0. The highest BCUT2D eigenvalue weighted by molar-refractivity contribution is 6.08. The molecule has 11 heavy (non-hydrogen) atoms. The third kappa shape index (κ3) is 1.70. The van der Waals surface area contributed by atoms with Crippen LogP contribution in [0.25, 0.3) is 0 Å². The Morgan fingerprint density at radius 2 is 2.45 bits per heavy atom. The Kier molecular flexibility index (Phi) is 2.49. The smallest absolute Gasteiger partial charge is 0.111 e. The van der Waals surface area contributed by atoms with Gasteiger partial charge in [0.1, 0.15) is 5.70 Å². The molecule has 1 aliphatic heterocycles. The summed E-state index contributed by atoms with van der Waals surface area (Å²) in [5, 5.41) is 7.59. The average molecular weight is 147 g/mol. The maximum Gasteiger partial charge on any atom is 0.111 e. The second kappa shape index (κ2) is 3.61. The number of rotatable bonds is 1. The minimum absolute atomic E-state index is 0.755. The average Bonchev–Trinajstić information content (AvgIpc) is 2.06. The summed E-state index contributed by atoms with van der Waals surface area (Å²) in [4.78, 5) is 4.01. The van der Waals surface area contributed by atoms with E-state index in [0.717, 1.165) is 11.4 Å². The molecule has 0 aromatic carbocycles. The fourth-order valence-corrected chi connectivity index (χ4v) is 0.756. The van der Waals surface area contributed by atoms with Gasteiger partial charge in [-0.2, -0.15) is 5.11 Å². The van der Waals surface area contributed by atoms with E-state index < -0.39 is 0 Å². The first-order valence-electron chi connectivity index (χ1n) is 3.25. The fourth-order valence-electron chi connectivity index (χ4n) is 0.756. The molecule has 0 fully saturated rings. The number of hydrogen-bond acceptors (Lipinski definition) is 3. The van der Waals surface area contributed by atoms with Crippen LogP contribution in [0.4, 0.5) is 0 Å². The van der Waals surface area contributed by atoms with Crippen LogP contribution >= 0.6 is 0 Å². The van der Waals surface area contributed by atoms with E-state index in [2.05, 4.69) is 21.8 Å². The molecule has 0 bridgehead atoms. The molecule has 1 rings (SSSR count). The van der Waals surface area contributed by atoms with Crippen LogP contribution in [0.1, 0.15) is 0 Å². The first-order valence-corrected chi connectivity index (χ1v) is 3.25. The maximum atomic E-state index is 4.01. The van der Waals surface area contributed by atoms with Crippen LogP contribution in [0.3, 0.4) is 0 Å². The molecule has 0 N–H and O–H groups in total. The van der Waals surface area contributed by atoms with Crippen molar-refractivity contribution in [2.45, 2.75) is 0 Å². The zero-order valence-corrected chi connectivity index (χ0v) is 6.36. The first-order chi connectivity index (χ1) is 5.38. The van der Waals surface area contributed by atoms with Crippen molar-refractivity contribution in [3.63, 3.8) is 0 Å². The summed E-state index contributed by atoms with van der Waals surface area (Å²) in [6, 6.07) is 0. The lowest BCUT2D eigenvalue weighted by atomic mass is 10.2. The third-order valence-electron chi connectivity index (χ3n) is 1.24. The van der Waals surface area contributed by atoms with Crippen LogP contribution in [-0.4, -0.2) is 12.8 Å². The lowest BCUT2D eigenvalue weighted by Gasteiger charge is -2.00. The minimum atomic E-state index is 0.755. The summed E-state index contributed by atoms with van der Waals surface area (Å²) in [6.45, 7) is 3.57. The van der Waals surface area contributed by atoms with Gasteiger partial charge < -0.3 is 0 Å². The summed E-state index contributed by atoms with van der Waals surface area (Å²) < 4.78 is 0. The van der Waals surface area contributed by atoms with E-state index >= 15 is 0 Å². The highest BCUT2D eigenvalue weighted by atomic mass is 15.1. The molecule has 1 heterocycles. The molecule has 0 unspecified atom stereocenters. The van der Waals surface area contributed by atoms with Gasteiger partial charge in [-0.25, -0.2) is 0 Å². The molecule has 0 atom stereocenters. The van der Waals surface area contributed by atoms with E-state index in [1.165, 1.54) is 0 Å². The standard InChI is InChI=1S/C8H9N3/c1-3-4-8-7(9-2)5-6-10-11-8/h3-6H,1H2,2H3. The van der Waals surface area contributed by atoms with E-state index in [4.69, 9.17) is 0 Å². The largest absolute Gasteiger partial charge is 0.286 e. The molecule has 0 aromatic heterocycles. The van der Waals surface area contributed by atoms with Gasteiger partial charge in [0, 0.05) is 7.05 Å². The lowest BCUT2D eigenvalue weighted by molar-refractivity contribution is 1.16. The molecule has 0 saturated heterocycles. The van der Waals surface area contributed by atoms with Gasteiger partial charge in [-0.15, -0.1) is 5.11 Å². The molecule has 0 spiro atoms. The maximum absolute atomic E-state index is 4.01. The van der Waals surface area contributed by atoms with Crippen LogP contribution in [0, 0.1) is 0 Å². The highest BCUT2D eigenvalue weighted by Gasteiger charge is 2.02. The van der Waals surface area contributed by atoms with Crippen LogP contribution in [0.2, 0.25) is 0 Å². The zero-order chi connectivity index (χ0) is 8.10. The van der Waals surface area contributed by atoms with Gasteiger partial charge in [0.05, 0.1) is 11.9 Å². The van der Waals surface area contributed by atoms with Crippen LogP contribution in [0.5, 0.6) is 0 Å². The van der Waals surface area contributed by atoms with Gasteiger partial charge >= 0.3 is 0 Å². The number of nitrogens with zero attached hydrogens (tertiary/aromatic N) is 3. The fraction of sp³-hybridized carbons (Fsp3) is 0.125. The van der Waals surface area contributed by atoms with Gasteiger partial charge in [-0.05, 0) is 12.2 Å². The van der Waals surface area contributed by atoms with Gasteiger partial charge in [0.2, 0.25) is 0 Å². The Hall–Kier alpha value is -1.51. The summed E-state index contributed by atoms with van der Waals surface area (Å²) in [5.41, 5.74) is 1.59. The summed E-state index contributed by atoms with van der Waals surface area (Å²) in [7, 11) is 1.72. The van der Waals surface area contributed by atoms with Crippen molar-refractivity contribution in [1.82, 2.24) is 0 Å². The predicted molar refractivity (Wildman–Crippen MR) is 45.6 cm³/mol. The van der Waals surface area contributed by atoms with Gasteiger partial charge in [-0.1, -0.05) is 12.7 Å². The van der Waals surface area contributed by atoms with Crippen molar-refractivity contribution in [2.75, 3.05) is 7.05 Å². The molecular weight excluding hydrogens is 138 g/mol. The SMILES string of the molecule is C=CC=C1N=NC=CC1=NC. The van der Waals surface area contributed by atoms with Crippen molar-refractivity contribution < 1.29 is 0 Å². The Bertz CT molecular complexity index is 269. The normalized spacial score (nSPS) is 23.0. The van der Waals surface area contributed by atoms with Crippen molar-refractivity contribution in [3.05, 3.63) is 36.7 Å². The van der Waals surface area contributed by atoms with Crippen molar-refractivity contribution in [1.29, 1.82) is 0 Å². The molecule has 1 aliphatic rings. The quantitative estimate of drug-likeness (QED) is 0.544. The van der Waals surface area contributed by atoms with E-state index in [1.54, 1.807) is 25.4 Å². The molecule has 3 heteroatoms. The molecule has 0 aromatic rings. The van der Waals surface area contributed by atoms with E-state index in [9.17, 15) is 0 Å². The zero-order valence-electron chi connectivity index (χ0n) is 6.36. The second-order valence-electron chi connectivity index (χ2n) is 1.93. The van der Waals surface area contributed by atoms with Crippen LogP contribution in [0.15, 0.2) is 51.9 Å². The summed E-state index contributed by atoms with van der Waals surface area (Å²) >= 11 is 0. The first kappa shape index (κ1) is 7.60. The lowest BCUT2D eigenvalue weighted by Crippen LogP contribution is -1.98. The minimum Gasteiger partial charge on any atom is -0.286 e. The molecule has 0 amide bonds. The second-order valence-corrected chi connectivity index (χ2v) is 1.93. The highest BCUT2D eigenvalue weighted by Crippen LogP contribution is 2.08. The summed E-state index contributed by atoms with van der Waals surface area (Å²) in [6.07, 6.45) is 6.86. The summed E-state index contributed by atoms with van der Waals surface area (Å²) in [5.74, 6) is 0. The van der Waals surface area contributed by atoms with Crippen molar-refractivity contribution in [2.24, 2.45) is 15.2 Å². The van der Waals surface area contributed by atoms with Gasteiger partial charge in [0.25, 0.3) is 0 Å². The van der Waals surface area contributed by atoms with Crippen LogP contribution < -0.4 is 0 Å². The predicted octanol–water partition coefficient (Wildman–Crippen LogP) is 2.11. The van der Waals surface area contributed by atoms with Gasteiger partial charge in [-0.3, -0.25) is 4.99 Å². The third-order valence-corrected chi connectivity index (χ3v) is 1.24. The molecule has 0 aliphatic carbocycles. The Morgan fingerprint density at radius 3 is 3.09 bits per heavy atom. The molecule has 0 radical (unpaired) electrons. The van der Waals surface area contributed by atoms with E-state index in [1.807, 2.05) is 6.08 Å². The van der Waals surface area contributed by atoms with Crippen molar-refractivity contribution >= 4 is 5.71 Å². The Balaban J connectivity index is 2.97. The molecule has 0 saturated carbocycles. The molecule has 3 nitrogen and oxygen atoms in total. The number of aliphatic imine (C=N–C) groups is 1. The van der Waals surface area contributed by atoms with E-state index in [0.29, 0.717) is 0 Å². The number of azo groups is 1. The van der Waals surface area contributed by atoms with E-state index in [-0.39, 0.29) is 0 Å². The van der Waals surface area contributed by atoms with Crippen molar-refractivity contribution in [3.8, 4) is 0 Å². The van der Waals surface area contributed by atoms with Crippen LogP contribution in [-0.2, 0) is 0 Å². The topological polar surface area (TPSA) is 37.1 Å². The molecule has 56 valence electrons. The number of allylic oxidation sites excluding steroid dienone is 3. The van der Waals surface area contributed by atoms with Gasteiger partial charge in [0.15, 0.2) is 0 Å². The Labute approximate surface area is 65.6 Å². The monoisotopic (exact) mass is 147 g/mol.